The van der Waals surface area contributed by atoms with Crippen LogP contribution in [0.25, 0.3) is 0 Å². The van der Waals surface area contributed by atoms with Gasteiger partial charge in [-0.05, 0) is 60.0 Å². The van der Waals surface area contributed by atoms with Crippen LogP contribution >= 0.6 is 27.5 Å². The molecule has 0 aromatic heterocycles. The second-order valence-corrected chi connectivity index (χ2v) is 7.49. The zero-order chi connectivity index (χ0) is 19.2. The van der Waals surface area contributed by atoms with Crippen LogP contribution in [0.1, 0.15) is 16.7 Å². The summed E-state index contributed by atoms with van der Waals surface area (Å²) in [5.41, 5.74) is 4.27. The molecule has 0 aliphatic rings. The zero-order valence-corrected chi connectivity index (χ0v) is 17.6. The Hall–Kier alpha value is -2.17. The summed E-state index contributed by atoms with van der Waals surface area (Å²) >= 11 is 9.62. The van der Waals surface area contributed by atoms with Gasteiger partial charge in [0.1, 0.15) is 6.61 Å². The molecule has 140 valence electrons. The fourth-order valence-corrected chi connectivity index (χ4v) is 3.12. The molecule has 0 saturated heterocycles. The third kappa shape index (κ3) is 5.18. The fourth-order valence-electron chi connectivity index (χ4n) is 2.68. The van der Waals surface area contributed by atoms with Gasteiger partial charge >= 0.3 is 0 Å². The van der Waals surface area contributed by atoms with Gasteiger partial charge in [-0.1, -0.05) is 51.8 Å². The predicted molar refractivity (Wildman–Crippen MR) is 115 cm³/mol. The van der Waals surface area contributed by atoms with E-state index in [1.165, 1.54) is 0 Å². The average Bonchev–Trinajstić information content (AvgIpc) is 2.69. The predicted octanol–water partition coefficient (Wildman–Crippen LogP) is 6.61. The first kappa shape index (κ1) is 19.6. The molecular weight excluding hydrogens is 426 g/mol. The molecule has 0 fully saturated rings. The van der Waals surface area contributed by atoms with Crippen molar-refractivity contribution in [2.24, 2.45) is 0 Å². The standard InChI is InChI=1S/C22H21BrClNO2/c1-15-19(24)4-3-5-20(15)25-13-17-8-11-21(22(12-17)26-2)27-14-16-6-9-18(23)10-7-16/h3-12,25H,13-14H2,1-2H3. The first-order valence-corrected chi connectivity index (χ1v) is 9.77. The molecule has 0 atom stereocenters. The molecule has 0 radical (unpaired) electrons. The van der Waals surface area contributed by atoms with E-state index in [2.05, 4.69) is 21.2 Å². The summed E-state index contributed by atoms with van der Waals surface area (Å²) < 4.78 is 12.5. The van der Waals surface area contributed by atoms with Crippen molar-refractivity contribution >= 4 is 33.2 Å². The van der Waals surface area contributed by atoms with E-state index in [1.807, 2.05) is 67.6 Å². The smallest absolute Gasteiger partial charge is 0.161 e. The lowest BCUT2D eigenvalue weighted by Gasteiger charge is -2.14. The number of nitrogens with one attached hydrogen (secondary N) is 1. The molecule has 3 aromatic rings. The SMILES string of the molecule is COc1cc(CNc2cccc(Cl)c2C)ccc1OCc1ccc(Br)cc1. The van der Waals surface area contributed by atoms with Crippen molar-refractivity contribution in [1.82, 2.24) is 0 Å². The minimum absolute atomic E-state index is 0.489. The molecular formula is C22H21BrClNO2. The number of anilines is 1. The quantitative estimate of drug-likeness (QED) is 0.443. The third-order valence-corrected chi connectivity index (χ3v) is 5.22. The summed E-state index contributed by atoms with van der Waals surface area (Å²) in [6.07, 6.45) is 0. The molecule has 0 saturated carbocycles. The van der Waals surface area contributed by atoms with Crippen molar-refractivity contribution in [3.8, 4) is 11.5 Å². The van der Waals surface area contributed by atoms with Gasteiger partial charge in [-0.25, -0.2) is 0 Å². The molecule has 0 heterocycles. The largest absolute Gasteiger partial charge is 0.493 e. The second-order valence-electron chi connectivity index (χ2n) is 6.17. The lowest BCUT2D eigenvalue weighted by molar-refractivity contribution is 0.284. The van der Waals surface area contributed by atoms with E-state index in [4.69, 9.17) is 21.1 Å². The maximum absolute atomic E-state index is 6.18. The second kappa shape index (κ2) is 9.16. The van der Waals surface area contributed by atoms with Gasteiger partial charge in [-0.15, -0.1) is 0 Å². The van der Waals surface area contributed by atoms with Crippen LogP contribution in [0.4, 0.5) is 5.69 Å². The van der Waals surface area contributed by atoms with Crippen molar-refractivity contribution in [2.45, 2.75) is 20.1 Å². The number of hydrogen-bond acceptors (Lipinski definition) is 3. The van der Waals surface area contributed by atoms with E-state index < -0.39 is 0 Å². The van der Waals surface area contributed by atoms with Crippen molar-refractivity contribution in [3.05, 3.63) is 86.8 Å². The summed E-state index contributed by atoms with van der Waals surface area (Å²) in [7, 11) is 1.65. The van der Waals surface area contributed by atoms with Gasteiger partial charge in [0.25, 0.3) is 0 Å². The van der Waals surface area contributed by atoms with Crippen LogP contribution in [0.15, 0.2) is 65.1 Å². The summed E-state index contributed by atoms with van der Waals surface area (Å²) in [5, 5.41) is 4.18. The van der Waals surface area contributed by atoms with Crippen LogP contribution < -0.4 is 14.8 Å². The topological polar surface area (TPSA) is 30.5 Å². The number of hydrogen-bond donors (Lipinski definition) is 1. The van der Waals surface area contributed by atoms with Crippen molar-refractivity contribution < 1.29 is 9.47 Å². The van der Waals surface area contributed by atoms with E-state index in [1.54, 1.807) is 7.11 Å². The van der Waals surface area contributed by atoms with Crippen LogP contribution in [0.2, 0.25) is 5.02 Å². The lowest BCUT2D eigenvalue weighted by atomic mass is 10.1. The summed E-state index contributed by atoms with van der Waals surface area (Å²) in [6.45, 7) is 3.16. The minimum Gasteiger partial charge on any atom is -0.493 e. The summed E-state index contributed by atoms with van der Waals surface area (Å²) in [4.78, 5) is 0. The maximum atomic E-state index is 6.18. The van der Waals surface area contributed by atoms with E-state index in [9.17, 15) is 0 Å². The molecule has 0 amide bonds. The minimum atomic E-state index is 0.489. The zero-order valence-electron chi connectivity index (χ0n) is 15.3. The number of ether oxygens (including phenoxy) is 2. The summed E-state index contributed by atoms with van der Waals surface area (Å²) in [5.74, 6) is 1.44. The first-order valence-electron chi connectivity index (χ1n) is 8.60. The highest BCUT2D eigenvalue weighted by atomic mass is 79.9. The van der Waals surface area contributed by atoms with Crippen LogP contribution in [0, 0.1) is 6.92 Å². The molecule has 27 heavy (non-hydrogen) atoms. The summed E-state index contributed by atoms with van der Waals surface area (Å²) in [6, 6.07) is 19.9. The van der Waals surface area contributed by atoms with E-state index >= 15 is 0 Å². The van der Waals surface area contributed by atoms with Gasteiger partial charge in [0, 0.05) is 21.7 Å². The highest BCUT2D eigenvalue weighted by molar-refractivity contribution is 9.10. The molecule has 5 heteroatoms. The Morgan fingerprint density at radius 1 is 0.963 bits per heavy atom. The molecule has 0 aliphatic heterocycles. The van der Waals surface area contributed by atoms with E-state index in [0.717, 1.165) is 37.6 Å². The maximum Gasteiger partial charge on any atom is 0.161 e. The van der Waals surface area contributed by atoms with Gasteiger partial charge in [0.2, 0.25) is 0 Å². The Labute approximate surface area is 173 Å². The number of methoxy groups -OCH3 is 1. The van der Waals surface area contributed by atoms with Crippen LogP contribution in [-0.2, 0) is 13.2 Å². The van der Waals surface area contributed by atoms with Gasteiger partial charge in [0.15, 0.2) is 11.5 Å². The monoisotopic (exact) mass is 445 g/mol. The van der Waals surface area contributed by atoms with Gasteiger partial charge in [-0.2, -0.15) is 0 Å². The number of halogens is 2. The molecule has 3 nitrogen and oxygen atoms in total. The number of rotatable bonds is 7. The Morgan fingerprint density at radius 2 is 1.70 bits per heavy atom. The van der Waals surface area contributed by atoms with Gasteiger partial charge in [0.05, 0.1) is 7.11 Å². The van der Waals surface area contributed by atoms with Crippen molar-refractivity contribution in [1.29, 1.82) is 0 Å². The fraction of sp³-hybridized carbons (Fsp3) is 0.182. The van der Waals surface area contributed by atoms with Gasteiger partial charge < -0.3 is 14.8 Å². The first-order chi connectivity index (χ1) is 13.1. The molecule has 0 aliphatic carbocycles. The molecule has 0 spiro atoms. The highest BCUT2D eigenvalue weighted by Crippen LogP contribution is 2.30. The Kier molecular flexibility index (Phi) is 6.64. The molecule has 1 N–H and O–H groups in total. The Morgan fingerprint density at radius 3 is 2.44 bits per heavy atom. The van der Waals surface area contributed by atoms with Crippen molar-refractivity contribution in [3.63, 3.8) is 0 Å². The lowest BCUT2D eigenvalue weighted by Crippen LogP contribution is -2.03. The number of benzene rings is 3. The normalized spacial score (nSPS) is 10.5. The molecule has 3 rings (SSSR count). The van der Waals surface area contributed by atoms with Crippen LogP contribution in [-0.4, -0.2) is 7.11 Å². The molecule has 0 unspecified atom stereocenters. The Balaban J connectivity index is 1.66. The third-order valence-electron chi connectivity index (χ3n) is 4.29. The highest BCUT2D eigenvalue weighted by Gasteiger charge is 2.08. The van der Waals surface area contributed by atoms with E-state index in [0.29, 0.717) is 18.9 Å². The van der Waals surface area contributed by atoms with Crippen LogP contribution in [0.3, 0.4) is 0 Å². The molecule has 0 bridgehead atoms. The van der Waals surface area contributed by atoms with E-state index in [-0.39, 0.29) is 0 Å². The van der Waals surface area contributed by atoms with Crippen molar-refractivity contribution in [2.75, 3.05) is 12.4 Å². The molecule has 3 aromatic carbocycles. The average molecular weight is 447 g/mol. The van der Waals surface area contributed by atoms with Crippen LogP contribution in [0.5, 0.6) is 11.5 Å². The van der Waals surface area contributed by atoms with Gasteiger partial charge in [-0.3, -0.25) is 0 Å². The Bertz CT molecular complexity index is 913.